The van der Waals surface area contributed by atoms with Gasteiger partial charge in [0, 0.05) is 5.39 Å². The van der Waals surface area contributed by atoms with E-state index in [1.165, 1.54) is 11.3 Å². The number of aromatic amines is 1. The lowest BCUT2D eigenvalue weighted by molar-refractivity contribution is -0.121. The maximum absolute atomic E-state index is 12.1. The Balaban J connectivity index is 1.63. The first kappa shape index (κ1) is 14.7. The topological polar surface area (TPSA) is 78.0 Å². The Morgan fingerprint density at radius 1 is 1.41 bits per heavy atom. The van der Waals surface area contributed by atoms with Crippen LogP contribution in [0.2, 0.25) is 0 Å². The second-order valence-corrected chi connectivity index (χ2v) is 6.24. The zero-order valence-electron chi connectivity index (χ0n) is 12.2. The molecule has 3 rings (SSSR count). The normalized spacial score (nSPS) is 13.9. The maximum atomic E-state index is 12.1. The van der Waals surface area contributed by atoms with Gasteiger partial charge in [-0.3, -0.25) is 9.89 Å². The standard InChI is InChI=1S/C16H17N3O2S/c1-16(21,11-6-7-22-9-11)10-17-15(20)8-14-12-4-2-3-5-13(12)18-19-14/h2-7,9,21H,8,10H2,1H3,(H,17,20)(H,18,19). The molecule has 1 atom stereocenters. The summed E-state index contributed by atoms with van der Waals surface area (Å²) in [5, 5.41) is 25.0. The fourth-order valence-electron chi connectivity index (χ4n) is 2.32. The van der Waals surface area contributed by atoms with E-state index in [-0.39, 0.29) is 18.9 Å². The SMILES string of the molecule is CC(O)(CNC(=O)Cc1[nH]nc2ccccc12)c1ccsc1. The summed E-state index contributed by atoms with van der Waals surface area (Å²) in [6.07, 6.45) is 0.209. The van der Waals surface area contributed by atoms with E-state index < -0.39 is 5.60 Å². The number of carbonyl (C=O) groups excluding carboxylic acids is 1. The highest BCUT2D eigenvalue weighted by Crippen LogP contribution is 2.22. The zero-order valence-corrected chi connectivity index (χ0v) is 13.0. The molecule has 0 spiro atoms. The molecule has 1 unspecified atom stereocenters. The molecule has 22 heavy (non-hydrogen) atoms. The molecule has 2 heterocycles. The van der Waals surface area contributed by atoms with Crippen LogP contribution in [0.3, 0.4) is 0 Å². The Kier molecular flexibility index (Phi) is 3.96. The van der Waals surface area contributed by atoms with Crippen molar-refractivity contribution in [3.05, 3.63) is 52.3 Å². The van der Waals surface area contributed by atoms with Crippen LogP contribution in [0.1, 0.15) is 18.2 Å². The zero-order chi connectivity index (χ0) is 15.6. The van der Waals surface area contributed by atoms with Crippen LogP contribution in [-0.2, 0) is 16.8 Å². The molecule has 6 heteroatoms. The molecule has 0 aliphatic heterocycles. The molecule has 2 aromatic heterocycles. The van der Waals surface area contributed by atoms with Gasteiger partial charge in [-0.2, -0.15) is 16.4 Å². The number of aliphatic hydroxyl groups is 1. The van der Waals surface area contributed by atoms with E-state index in [0.29, 0.717) is 0 Å². The van der Waals surface area contributed by atoms with E-state index in [1.54, 1.807) is 6.92 Å². The molecule has 0 bridgehead atoms. The Hall–Kier alpha value is -2.18. The minimum absolute atomic E-state index is 0.148. The number of aromatic nitrogens is 2. The smallest absolute Gasteiger partial charge is 0.226 e. The molecule has 1 amide bonds. The second-order valence-electron chi connectivity index (χ2n) is 5.46. The lowest BCUT2D eigenvalue weighted by atomic mass is 9.99. The Labute approximate surface area is 132 Å². The van der Waals surface area contributed by atoms with Gasteiger partial charge in [-0.15, -0.1) is 0 Å². The number of nitrogens with one attached hydrogen (secondary N) is 2. The van der Waals surface area contributed by atoms with Crippen molar-refractivity contribution in [3.8, 4) is 0 Å². The first-order valence-electron chi connectivity index (χ1n) is 7.00. The molecule has 5 nitrogen and oxygen atoms in total. The number of hydrogen-bond donors (Lipinski definition) is 3. The molecule has 1 aromatic carbocycles. The number of hydrogen-bond acceptors (Lipinski definition) is 4. The summed E-state index contributed by atoms with van der Waals surface area (Å²) in [5.74, 6) is -0.148. The van der Waals surface area contributed by atoms with E-state index >= 15 is 0 Å². The van der Waals surface area contributed by atoms with Crippen LogP contribution in [0.4, 0.5) is 0 Å². The number of carbonyl (C=O) groups is 1. The molecule has 3 aromatic rings. The average Bonchev–Trinajstić information content (AvgIpc) is 3.16. The van der Waals surface area contributed by atoms with E-state index in [0.717, 1.165) is 22.2 Å². The van der Waals surface area contributed by atoms with Crippen molar-refractivity contribution in [3.63, 3.8) is 0 Å². The van der Waals surface area contributed by atoms with E-state index in [1.807, 2.05) is 41.1 Å². The number of thiophene rings is 1. The van der Waals surface area contributed by atoms with Gasteiger partial charge in [-0.05, 0) is 35.4 Å². The lowest BCUT2D eigenvalue weighted by Gasteiger charge is -2.22. The van der Waals surface area contributed by atoms with Crippen molar-refractivity contribution in [2.45, 2.75) is 18.9 Å². The van der Waals surface area contributed by atoms with Crippen LogP contribution in [0.25, 0.3) is 10.9 Å². The van der Waals surface area contributed by atoms with Gasteiger partial charge in [0.15, 0.2) is 0 Å². The highest BCUT2D eigenvalue weighted by Gasteiger charge is 2.24. The van der Waals surface area contributed by atoms with Gasteiger partial charge in [0.25, 0.3) is 0 Å². The van der Waals surface area contributed by atoms with Crippen LogP contribution in [0.15, 0.2) is 41.1 Å². The Bertz CT molecular complexity index is 778. The van der Waals surface area contributed by atoms with Crippen molar-refractivity contribution in [1.82, 2.24) is 15.5 Å². The summed E-state index contributed by atoms with van der Waals surface area (Å²) in [7, 11) is 0. The minimum atomic E-state index is -1.06. The van der Waals surface area contributed by atoms with Crippen molar-refractivity contribution in [2.24, 2.45) is 0 Å². The summed E-state index contributed by atoms with van der Waals surface area (Å²) in [4.78, 5) is 12.1. The summed E-state index contributed by atoms with van der Waals surface area (Å²) < 4.78 is 0. The van der Waals surface area contributed by atoms with Crippen molar-refractivity contribution < 1.29 is 9.90 Å². The molecule has 114 valence electrons. The van der Waals surface area contributed by atoms with Crippen molar-refractivity contribution in [2.75, 3.05) is 6.54 Å². The third-order valence-electron chi connectivity index (χ3n) is 3.65. The molecule has 0 radical (unpaired) electrons. The second kappa shape index (κ2) is 5.90. The van der Waals surface area contributed by atoms with Gasteiger partial charge in [-0.25, -0.2) is 0 Å². The van der Waals surface area contributed by atoms with Crippen LogP contribution >= 0.6 is 11.3 Å². The minimum Gasteiger partial charge on any atom is -0.384 e. The number of nitrogens with zero attached hydrogens (tertiary/aromatic N) is 1. The van der Waals surface area contributed by atoms with Crippen molar-refractivity contribution >= 4 is 28.1 Å². The quantitative estimate of drug-likeness (QED) is 0.675. The van der Waals surface area contributed by atoms with Gasteiger partial charge in [0.2, 0.25) is 5.91 Å². The van der Waals surface area contributed by atoms with Gasteiger partial charge in [0.05, 0.1) is 24.2 Å². The first-order valence-corrected chi connectivity index (χ1v) is 7.94. The molecule has 0 saturated carbocycles. The highest BCUT2D eigenvalue weighted by atomic mass is 32.1. The van der Waals surface area contributed by atoms with Crippen LogP contribution in [0.5, 0.6) is 0 Å². The molecular formula is C16H17N3O2S. The third kappa shape index (κ3) is 3.03. The number of benzene rings is 1. The fraction of sp³-hybridized carbons (Fsp3) is 0.250. The van der Waals surface area contributed by atoms with Crippen LogP contribution < -0.4 is 5.32 Å². The summed E-state index contributed by atoms with van der Waals surface area (Å²) in [6.45, 7) is 1.87. The van der Waals surface area contributed by atoms with E-state index in [9.17, 15) is 9.90 Å². The predicted octanol–water partition coefficient (Wildman–Crippen LogP) is 2.19. The van der Waals surface area contributed by atoms with Crippen molar-refractivity contribution in [1.29, 1.82) is 0 Å². The van der Waals surface area contributed by atoms with E-state index in [4.69, 9.17) is 0 Å². The van der Waals surface area contributed by atoms with Crippen LogP contribution in [0, 0.1) is 0 Å². The Morgan fingerprint density at radius 2 is 2.23 bits per heavy atom. The number of amides is 1. The molecule has 0 aliphatic carbocycles. The highest BCUT2D eigenvalue weighted by molar-refractivity contribution is 7.08. The number of para-hydroxylation sites is 1. The third-order valence-corrected chi connectivity index (χ3v) is 4.33. The predicted molar refractivity (Wildman–Crippen MR) is 86.7 cm³/mol. The molecular weight excluding hydrogens is 298 g/mol. The van der Waals surface area contributed by atoms with Gasteiger partial charge < -0.3 is 10.4 Å². The summed E-state index contributed by atoms with van der Waals surface area (Å²) in [6, 6.07) is 9.52. The van der Waals surface area contributed by atoms with Gasteiger partial charge >= 0.3 is 0 Å². The lowest BCUT2D eigenvalue weighted by Crippen LogP contribution is -2.39. The fourth-order valence-corrected chi connectivity index (χ4v) is 3.10. The summed E-state index contributed by atoms with van der Waals surface area (Å²) >= 11 is 1.52. The number of fused-ring (bicyclic) bond motifs is 1. The van der Waals surface area contributed by atoms with Gasteiger partial charge in [-0.1, -0.05) is 18.2 Å². The number of rotatable bonds is 5. The van der Waals surface area contributed by atoms with Crippen LogP contribution in [-0.4, -0.2) is 27.8 Å². The molecule has 0 aliphatic rings. The maximum Gasteiger partial charge on any atom is 0.226 e. The summed E-state index contributed by atoms with van der Waals surface area (Å²) in [5.41, 5.74) is 1.37. The monoisotopic (exact) mass is 315 g/mol. The molecule has 0 fully saturated rings. The Morgan fingerprint density at radius 3 is 3.00 bits per heavy atom. The largest absolute Gasteiger partial charge is 0.384 e. The molecule has 3 N–H and O–H groups in total. The number of H-pyrrole nitrogens is 1. The van der Waals surface area contributed by atoms with E-state index in [2.05, 4.69) is 15.5 Å². The van der Waals surface area contributed by atoms with Gasteiger partial charge in [0.1, 0.15) is 5.60 Å². The average molecular weight is 315 g/mol. The molecule has 0 saturated heterocycles. The first-order chi connectivity index (χ1) is 10.6.